The Balaban J connectivity index is -0.000000106. The first kappa shape index (κ1) is 27.5. The third-order valence-corrected chi connectivity index (χ3v) is 1.82. The molecule has 1 N–H and O–H groups in total. The van der Waals surface area contributed by atoms with E-state index in [1.807, 2.05) is 46.6 Å². The van der Waals surface area contributed by atoms with Crippen molar-refractivity contribution in [2.45, 2.75) is 40.3 Å². The number of benzene rings is 1. The topological polar surface area (TPSA) is 46.2 Å². The summed E-state index contributed by atoms with van der Waals surface area (Å²) in [7, 11) is 1.93. The molecule has 1 aromatic rings. The Morgan fingerprint density at radius 2 is 1.38 bits per heavy atom. The predicted octanol–water partition coefficient (Wildman–Crippen LogP) is 4.65. The van der Waals surface area contributed by atoms with Gasteiger partial charge in [0, 0.05) is 19.2 Å². The van der Waals surface area contributed by atoms with Crippen LogP contribution in [0.4, 0.5) is 18.9 Å². The van der Waals surface area contributed by atoms with E-state index >= 15 is 0 Å². The van der Waals surface area contributed by atoms with Gasteiger partial charge in [-0.3, -0.25) is 0 Å². The number of hydrogen-bond acceptors (Lipinski definition) is 3. The second kappa shape index (κ2) is 20.5. The van der Waals surface area contributed by atoms with Crippen LogP contribution in [0.3, 0.4) is 0 Å². The van der Waals surface area contributed by atoms with Gasteiger partial charge in [0.2, 0.25) is 0 Å². The lowest BCUT2D eigenvalue weighted by Crippen LogP contribution is -2.02. The molecule has 124 valence electrons. The molecule has 0 radical (unpaired) electrons. The van der Waals surface area contributed by atoms with Crippen molar-refractivity contribution in [1.82, 2.24) is 0 Å². The van der Waals surface area contributed by atoms with Crippen LogP contribution < -0.4 is 5.32 Å². The monoisotopic (exact) mass is 309 g/mol. The maximum absolute atomic E-state index is 10.8. The minimum atomic E-state index is -3.96. The predicted molar refractivity (Wildman–Crippen MR) is 82.7 cm³/mol. The van der Waals surface area contributed by atoms with E-state index in [1.165, 1.54) is 11.3 Å². The third-order valence-electron chi connectivity index (χ3n) is 1.82. The second-order valence-electron chi connectivity index (χ2n) is 3.03. The van der Waals surface area contributed by atoms with Crippen molar-refractivity contribution in [3.8, 4) is 0 Å². The van der Waals surface area contributed by atoms with Crippen molar-refractivity contribution in [3.63, 3.8) is 0 Å². The fourth-order valence-corrected chi connectivity index (χ4v) is 0.853. The summed E-state index contributed by atoms with van der Waals surface area (Å²) in [5.41, 5.74) is 2.50. The van der Waals surface area contributed by atoms with Gasteiger partial charge in [-0.15, -0.1) is 0 Å². The van der Waals surface area contributed by atoms with Gasteiger partial charge in [-0.1, -0.05) is 39.0 Å². The molecule has 3 nitrogen and oxygen atoms in total. The van der Waals surface area contributed by atoms with Gasteiger partial charge in [0.1, 0.15) is 13.6 Å². The zero-order chi connectivity index (χ0) is 17.9. The molecular formula is C15H26F3NO2. The quantitative estimate of drug-likeness (QED) is 0.821. The van der Waals surface area contributed by atoms with Crippen molar-refractivity contribution in [2.24, 2.45) is 0 Å². The molecule has 0 bridgehead atoms. The van der Waals surface area contributed by atoms with Gasteiger partial charge in [0.25, 0.3) is 0 Å². The summed E-state index contributed by atoms with van der Waals surface area (Å²) in [4.78, 5) is 16.0. The minimum absolute atomic E-state index is 0.729. The smallest absolute Gasteiger partial charge is 0.388 e. The summed E-state index contributed by atoms with van der Waals surface area (Å²) in [5.74, 6) is 0. The SMILES string of the molecule is C=O.C=O.CC.CCC(F)(F)F.CNc1ccccc1C. The number of rotatable bonds is 1. The number of anilines is 1. The molecule has 0 aromatic heterocycles. The van der Waals surface area contributed by atoms with Crippen molar-refractivity contribution >= 4 is 19.3 Å². The molecule has 0 saturated carbocycles. The maximum Gasteiger partial charge on any atom is 0.388 e. The van der Waals surface area contributed by atoms with Crippen molar-refractivity contribution in [1.29, 1.82) is 0 Å². The summed E-state index contributed by atoms with van der Waals surface area (Å²) < 4.78 is 32.4. The molecule has 0 aliphatic carbocycles. The van der Waals surface area contributed by atoms with Crippen LogP contribution in [0.5, 0.6) is 0 Å². The lowest BCUT2D eigenvalue weighted by atomic mass is 10.2. The third kappa shape index (κ3) is 23.6. The van der Waals surface area contributed by atoms with Crippen LogP contribution in [0.1, 0.15) is 32.8 Å². The van der Waals surface area contributed by atoms with Crippen LogP contribution in [0, 0.1) is 6.92 Å². The molecule has 6 heteroatoms. The summed E-state index contributed by atoms with van der Waals surface area (Å²) in [6.07, 6.45) is -4.69. The highest BCUT2D eigenvalue weighted by molar-refractivity contribution is 5.49. The lowest BCUT2D eigenvalue weighted by molar-refractivity contribution is -0.130. The highest BCUT2D eigenvalue weighted by Gasteiger charge is 2.22. The summed E-state index contributed by atoms with van der Waals surface area (Å²) in [5, 5.41) is 3.10. The van der Waals surface area contributed by atoms with Crippen molar-refractivity contribution in [2.75, 3.05) is 12.4 Å². The van der Waals surface area contributed by atoms with E-state index in [1.54, 1.807) is 0 Å². The Hall–Kier alpha value is -1.85. The minimum Gasteiger partial charge on any atom is -0.388 e. The van der Waals surface area contributed by atoms with Gasteiger partial charge >= 0.3 is 6.18 Å². The van der Waals surface area contributed by atoms with Gasteiger partial charge in [-0.25, -0.2) is 0 Å². The maximum atomic E-state index is 10.8. The van der Waals surface area contributed by atoms with Gasteiger partial charge in [0.05, 0.1) is 0 Å². The van der Waals surface area contributed by atoms with E-state index in [2.05, 4.69) is 24.4 Å². The van der Waals surface area contributed by atoms with Crippen LogP contribution in [-0.4, -0.2) is 26.8 Å². The van der Waals surface area contributed by atoms with Gasteiger partial charge in [-0.2, -0.15) is 13.2 Å². The molecule has 0 aliphatic heterocycles. The number of carbonyl (C=O) groups excluding carboxylic acids is 2. The van der Waals surface area contributed by atoms with E-state index in [4.69, 9.17) is 9.59 Å². The van der Waals surface area contributed by atoms with E-state index in [9.17, 15) is 13.2 Å². The Morgan fingerprint density at radius 1 is 1.05 bits per heavy atom. The van der Waals surface area contributed by atoms with Gasteiger partial charge in [-0.05, 0) is 18.6 Å². The van der Waals surface area contributed by atoms with E-state index in [0.29, 0.717) is 0 Å². The highest BCUT2D eigenvalue weighted by atomic mass is 19.4. The molecule has 1 aromatic carbocycles. The van der Waals surface area contributed by atoms with Crippen LogP contribution in [0.2, 0.25) is 0 Å². The fourth-order valence-electron chi connectivity index (χ4n) is 0.853. The Kier molecular flexibility index (Phi) is 26.8. The van der Waals surface area contributed by atoms with Crippen LogP contribution in [-0.2, 0) is 9.59 Å². The Labute approximate surface area is 125 Å². The molecule has 1 rings (SSSR count). The Bertz CT molecular complexity index is 316. The van der Waals surface area contributed by atoms with E-state index in [0.717, 1.165) is 6.92 Å². The van der Waals surface area contributed by atoms with Crippen LogP contribution in [0.25, 0.3) is 0 Å². The Morgan fingerprint density at radius 3 is 1.57 bits per heavy atom. The first-order valence-electron chi connectivity index (χ1n) is 6.28. The molecule has 21 heavy (non-hydrogen) atoms. The standard InChI is InChI=1S/C8H11N.C3H5F3.C2H6.2CH2O/c1-7-5-3-4-6-8(7)9-2;1-2-3(4,5)6;3*1-2/h3-6,9H,1-2H3;2H2,1H3;1-2H3;2*1H2. The molecule has 0 aliphatic rings. The molecule has 0 amide bonds. The normalized spacial score (nSPS) is 8.00. The average Bonchev–Trinajstić information content (AvgIpc) is 2.53. The molecule has 0 saturated heterocycles. The van der Waals surface area contributed by atoms with Gasteiger partial charge < -0.3 is 14.9 Å². The number of alkyl halides is 3. The number of aryl methyl sites for hydroxylation is 1. The lowest BCUT2D eigenvalue weighted by Gasteiger charge is -2.01. The van der Waals surface area contributed by atoms with E-state index < -0.39 is 12.6 Å². The van der Waals surface area contributed by atoms with E-state index in [-0.39, 0.29) is 0 Å². The van der Waals surface area contributed by atoms with Crippen LogP contribution >= 0.6 is 0 Å². The number of nitrogens with one attached hydrogen (secondary N) is 1. The second-order valence-corrected chi connectivity index (χ2v) is 3.03. The molecule has 0 fully saturated rings. The molecular weight excluding hydrogens is 283 g/mol. The molecule has 0 atom stereocenters. The molecule has 0 unspecified atom stereocenters. The summed E-state index contributed by atoms with van der Waals surface area (Å²) in [6, 6.07) is 8.22. The molecule has 0 heterocycles. The zero-order valence-corrected chi connectivity index (χ0v) is 13.4. The highest BCUT2D eigenvalue weighted by Crippen LogP contribution is 2.17. The zero-order valence-electron chi connectivity index (χ0n) is 13.4. The number of hydrogen-bond donors (Lipinski definition) is 1. The number of halogens is 3. The van der Waals surface area contributed by atoms with Crippen LogP contribution in [0.15, 0.2) is 24.3 Å². The number of para-hydroxylation sites is 1. The van der Waals surface area contributed by atoms with Crippen molar-refractivity contribution in [3.05, 3.63) is 29.8 Å². The first-order valence-corrected chi connectivity index (χ1v) is 6.28. The molecule has 0 spiro atoms. The summed E-state index contributed by atoms with van der Waals surface area (Å²) in [6.45, 7) is 11.2. The number of carbonyl (C=O) groups is 2. The average molecular weight is 309 g/mol. The van der Waals surface area contributed by atoms with Gasteiger partial charge in [0.15, 0.2) is 0 Å². The fraction of sp³-hybridized carbons (Fsp3) is 0.467. The van der Waals surface area contributed by atoms with Crippen molar-refractivity contribution < 1.29 is 22.8 Å². The first-order chi connectivity index (χ1) is 9.90. The largest absolute Gasteiger partial charge is 0.388 e. The summed E-state index contributed by atoms with van der Waals surface area (Å²) >= 11 is 0.